The van der Waals surface area contributed by atoms with Crippen molar-refractivity contribution in [3.05, 3.63) is 35.4 Å². The van der Waals surface area contributed by atoms with Gasteiger partial charge in [-0.25, -0.2) is 0 Å². The zero-order valence-corrected chi connectivity index (χ0v) is 11.1. The molecule has 2 N–H and O–H groups in total. The molecule has 18 heavy (non-hydrogen) atoms. The average Bonchev–Trinajstić information content (AvgIpc) is 2.24. The third-order valence-corrected chi connectivity index (χ3v) is 2.96. The summed E-state index contributed by atoms with van der Waals surface area (Å²) in [5, 5.41) is 18.1. The van der Waals surface area contributed by atoms with Crippen LogP contribution < -0.4 is 5.55 Å². The Hall–Kier alpha value is -1.77. The van der Waals surface area contributed by atoms with Crippen LogP contribution in [-0.2, 0) is 6.42 Å². The normalized spacial score (nSPS) is 11.9. The highest BCUT2D eigenvalue weighted by Crippen LogP contribution is 2.28. The van der Waals surface area contributed by atoms with Crippen LogP contribution in [0.5, 0.6) is 5.75 Å². The smallest absolute Gasteiger partial charge is 0.211 e. The van der Waals surface area contributed by atoms with Crippen LogP contribution in [0.1, 0.15) is 32.8 Å². The molecule has 2 rings (SSSR count). The van der Waals surface area contributed by atoms with Crippen molar-refractivity contribution in [1.82, 2.24) is 0 Å². The van der Waals surface area contributed by atoms with Crippen LogP contribution in [0, 0.1) is 10.8 Å². The van der Waals surface area contributed by atoms with Gasteiger partial charge in [0.1, 0.15) is 11.3 Å². The molecule has 0 saturated heterocycles. The molecular formula is C15H19NO2. The van der Waals surface area contributed by atoms with Crippen molar-refractivity contribution in [3.8, 4) is 5.75 Å². The number of aromatic hydroxyl groups is 1. The molecule has 0 unspecified atom stereocenters. The predicted octanol–water partition coefficient (Wildman–Crippen LogP) is 3.60. The fraction of sp³-hybridized carbons (Fsp3) is 0.400. The molecule has 3 heteroatoms. The first-order valence-electron chi connectivity index (χ1n) is 6.15. The molecule has 0 aliphatic rings. The lowest BCUT2D eigenvalue weighted by Gasteiger charge is -2.17. The lowest BCUT2D eigenvalue weighted by Crippen LogP contribution is -2.06. The van der Waals surface area contributed by atoms with E-state index in [0.29, 0.717) is 11.0 Å². The van der Waals surface area contributed by atoms with Crippen LogP contribution in [0.3, 0.4) is 0 Å². The Balaban J connectivity index is 2.39. The number of hydrogen-bond acceptors (Lipinski definition) is 3. The van der Waals surface area contributed by atoms with E-state index in [1.165, 1.54) is 6.07 Å². The summed E-state index contributed by atoms with van der Waals surface area (Å²) in [5.74, 6) is 0.222. The first-order chi connectivity index (χ1) is 8.35. The quantitative estimate of drug-likeness (QED) is 0.849. The van der Waals surface area contributed by atoms with E-state index in [0.717, 1.165) is 18.4 Å². The first-order valence-corrected chi connectivity index (χ1v) is 6.15. The van der Waals surface area contributed by atoms with Gasteiger partial charge in [0.2, 0.25) is 5.55 Å². The second-order valence-corrected chi connectivity index (χ2v) is 5.89. The molecule has 0 aliphatic heterocycles. The summed E-state index contributed by atoms with van der Waals surface area (Å²) in [7, 11) is 0. The average molecular weight is 245 g/mol. The minimum Gasteiger partial charge on any atom is -0.507 e. The molecule has 0 amide bonds. The number of phenolic OH excluding ortho intramolecular Hbond substituents is 1. The standard InChI is InChI=1S/C15H19NO2/c1-15(2,3)7-6-10-8-12(17)11-4-5-14(16)18-13(11)9-10/h4-5,8-9,16-17H,6-7H2,1-3H3. The van der Waals surface area contributed by atoms with E-state index in [1.54, 1.807) is 12.1 Å². The number of aryl methyl sites for hydroxylation is 1. The van der Waals surface area contributed by atoms with Gasteiger partial charge in [-0.2, -0.15) is 0 Å². The van der Waals surface area contributed by atoms with Crippen molar-refractivity contribution in [1.29, 1.82) is 5.41 Å². The third kappa shape index (κ3) is 2.92. The Morgan fingerprint density at radius 3 is 2.61 bits per heavy atom. The van der Waals surface area contributed by atoms with Crippen molar-refractivity contribution < 1.29 is 9.52 Å². The molecule has 0 radical (unpaired) electrons. The van der Waals surface area contributed by atoms with Crippen molar-refractivity contribution in [2.45, 2.75) is 33.6 Å². The highest BCUT2D eigenvalue weighted by molar-refractivity contribution is 5.83. The fourth-order valence-electron chi connectivity index (χ4n) is 1.89. The monoisotopic (exact) mass is 245 g/mol. The summed E-state index contributed by atoms with van der Waals surface area (Å²) >= 11 is 0. The zero-order valence-electron chi connectivity index (χ0n) is 11.1. The summed E-state index contributed by atoms with van der Waals surface area (Å²) in [6.45, 7) is 6.58. The first kappa shape index (κ1) is 12.7. The fourth-order valence-corrected chi connectivity index (χ4v) is 1.89. The Morgan fingerprint density at radius 1 is 1.22 bits per heavy atom. The molecule has 0 atom stereocenters. The van der Waals surface area contributed by atoms with Gasteiger partial charge in [-0.1, -0.05) is 20.8 Å². The third-order valence-electron chi connectivity index (χ3n) is 2.96. The zero-order chi connectivity index (χ0) is 13.3. The lowest BCUT2D eigenvalue weighted by atomic mass is 9.88. The molecule has 2 aromatic rings. The summed E-state index contributed by atoms with van der Waals surface area (Å²) in [6.07, 6.45) is 1.93. The van der Waals surface area contributed by atoms with Crippen molar-refractivity contribution >= 4 is 11.0 Å². The Bertz CT molecular complexity index is 620. The molecule has 1 aromatic heterocycles. The van der Waals surface area contributed by atoms with Gasteiger partial charge >= 0.3 is 0 Å². The second kappa shape index (κ2) is 4.48. The molecule has 1 aromatic carbocycles. The number of rotatable bonds is 2. The van der Waals surface area contributed by atoms with E-state index in [4.69, 9.17) is 9.83 Å². The summed E-state index contributed by atoms with van der Waals surface area (Å²) in [5.41, 5.74) is 1.99. The van der Waals surface area contributed by atoms with Gasteiger partial charge < -0.3 is 9.52 Å². The summed E-state index contributed by atoms with van der Waals surface area (Å²) in [6, 6.07) is 6.95. The highest BCUT2D eigenvalue weighted by atomic mass is 16.3. The second-order valence-electron chi connectivity index (χ2n) is 5.89. The Labute approximate surface area is 107 Å². The van der Waals surface area contributed by atoms with Gasteiger partial charge in [-0.05, 0) is 42.0 Å². The Kier molecular flexibility index (Phi) is 3.16. The summed E-state index contributed by atoms with van der Waals surface area (Å²) in [4.78, 5) is 0. The van der Waals surface area contributed by atoms with E-state index in [9.17, 15) is 5.11 Å². The van der Waals surface area contributed by atoms with Crippen LogP contribution in [0.25, 0.3) is 11.0 Å². The molecule has 0 spiro atoms. The van der Waals surface area contributed by atoms with Crippen LogP contribution >= 0.6 is 0 Å². The molecular weight excluding hydrogens is 226 g/mol. The van der Waals surface area contributed by atoms with Crippen molar-refractivity contribution in [3.63, 3.8) is 0 Å². The molecule has 0 saturated carbocycles. The number of benzene rings is 1. The van der Waals surface area contributed by atoms with Gasteiger partial charge in [0.15, 0.2) is 0 Å². The number of fused-ring (bicyclic) bond motifs is 1. The van der Waals surface area contributed by atoms with E-state index < -0.39 is 0 Å². The lowest BCUT2D eigenvalue weighted by molar-refractivity contribution is 0.377. The van der Waals surface area contributed by atoms with Crippen molar-refractivity contribution in [2.24, 2.45) is 5.41 Å². The minimum absolute atomic E-state index is 0.106. The van der Waals surface area contributed by atoms with Crippen molar-refractivity contribution in [2.75, 3.05) is 0 Å². The molecule has 96 valence electrons. The largest absolute Gasteiger partial charge is 0.507 e. The molecule has 0 fully saturated rings. The van der Waals surface area contributed by atoms with Crippen LogP contribution in [0.4, 0.5) is 0 Å². The van der Waals surface area contributed by atoms with E-state index in [-0.39, 0.29) is 16.7 Å². The molecule has 0 bridgehead atoms. The maximum Gasteiger partial charge on any atom is 0.211 e. The van der Waals surface area contributed by atoms with E-state index in [1.807, 2.05) is 6.07 Å². The number of nitrogens with one attached hydrogen (secondary N) is 1. The SMILES string of the molecule is CC(C)(C)CCc1cc(O)c2ccc(=N)oc2c1. The highest BCUT2D eigenvalue weighted by Gasteiger charge is 2.11. The molecule has 0 aliphatic carbocycles. The minimum atomic E-state index is 0.106. The number of phenols is 1. The van der Waals surface area contributed by atoms with Gasteiger partial charge in [-0.3, -0.25) is 5.41 Å². The predicted molar refractivity (Wildman–Crippen MR) is 71.5 cm³/mol. The van der Waals surface area contributed by atoms with E-state index in [2.05, 4.69) is 20.8 Å². The molecule has 1 heterocycles. The number of hydrogen-bond donors (Lipinski definition) is 2. The van der Waals surface area contributed by atoms with Crippen LogP contribution in [-0.4, -0.2) is 5.11 Å². The Morgan fingerprint density at radius 2 is 1.94 bits per heavy atom. The maximum atomic E-state index is 9.95. The van der Waals surface area contributed by atoms with Crippen LogP contribution in [0.2, 0.25) is 0 Å². The summed E-state index contributed by atoms with van der Waals surface area (Å²) < 4.78 is 5.32. The maximum absolute atomic E-state index is 9.95. The van der Waals surface area contributed by atoms with Gasteiger partial charge in [0.05, 0.1) is 5.39 Å². The molecule has 3 nitrogen and oxygen atoms in total. The van der Waals surface area contributed by atoms with Gasteiger partial charge in [0, 0.05) is 6.07 Å². The van der Waals surface area contributed by atoms with Gasteiger partial charge in [-0.15, -0.1) is 0 Å². The van der Waals surface area contributed by atoms with E-state index >= 15 is 0 Å². The van der Waals surface area contributed by atoms with Gasteiger partial charge in [0.25, 0.3) is 0 Å². The van der Waals surface area contributed by atoms with Crippen LogP contribution in [0.15, 0.2) is 28.7 Å². The topological polar surface area (TPSA) is 57.2 Å².